The molecule has 5 nitrogen and oxygen atoms in total. The fourth-order valence-electron chi connectivity index (χ4n) is 3.09. The quantitative estimate of drug-likeness (QED) is 0.534. The molecule has 1 heterocycles. The smallest absolute Gasteiger partial charge is 0.226 e. The molecule has 0 spiro atoms. The van der Waals surface area contributed by atoms with E-state index in [4.69, 9.17) is 18.9 Å². The highest BCUT2D eigenvalue weighted by Crippen LogP contribution is 2.27. The lowest BCUT2D eigenvalue weighted by molar-refractivity contribution is 0.248. The second kappa shape index (κ2) is 8.93. The Balaban J connectivity index is 1.73. The molecule has 1 aromatic heterocycles. The van der Waals surface area contributed by atoms with Gasteiger partial charge >= 0.3 is 0 Å². The van der Waals surface area contributed by atoms with Crippen LogP contribution in [0.15, 0.2) is 52.9 Å². The topological polar surface area (TPSA) is 47.7 Å². The monoisotopic (exact) mass is 380 g/mol. The van der Waals surface area contributed by atoms with Crippen LogP contribution in [-0.2, 0) is 6.54 Å². The van der Waals surface area contributed by atoms with Crippen LogP contribution in [0.5, 0.6) is 11.5 Å². The molecule has 3 rings (SSSR count). The molecule has 0 fully saturated rings. The lowest BCUT2D eigenvalue weighted by Crippen LogP contribution is -2.22. The molecular formula is C23H28N2O3. The predicted octanol–water partition coefficient (Wildman–Crippen LogP) is 5.25. The summed E-state index contributed by atoms with van der Waals surface area (Å²) in [5, 5.41) is 0. The molecule has 0 aliphatic carbocycles. The van der Waals surface area contributed by atoms with Gasteiger partial charge in [0.05, 0.1) is 19.4 Å². The third-order valence-corrected chi connectivity index (χ3v) is 4.94. The molecule has 0 saturated heterocycles. The minimum atomic E-state index is 0.222. The standard InChI is InChI=1S/C23H28N2O3/c1-6-27-20-12-10-18(11-13-20)23-24-22(17(3)28-23)15-25(4)16(2)19-8-7-9-21(14-19)26-5/h7-14,16H,6,15H2,1-5H3/t16-/m0/s1. The first-order valence-corrected chi connectivity index (χ1v) is 9.55. The van der Waals surface area contributed by atoms with Crippen molar-refractivity contribution in [1.29, 1.82) is 0 Å². The Morgan fingerprint density at radius 2 is 1.86 bits per heavy atom. The zero-order chi connectivity index (χ0) is 20.1. The average molecular weight is 380 g/mol. The van der Waals surface area contributed by atoms with Crippen molar-refractivity contribution in [3.05, 3.63) is 65.5 Å². The number of aromatic nitrogens is 1. The Hall–Kier alpha value is -2.79. The largest absolute Gasteiger partial charge is 0.497 e. The van der Waals surface area contributed by atoms with Crippen LogP contribution in [0, 0.1) is 6.92 Å². The van der Waals surface area contributed by atoms with Gasteiger partial charge in [-0.15, -0.1) is 0 Å². The van der Waals surface area contributed by atoms with Crippen LogP contribution >= 0.6 is 0 Å². The van der Waals surface area contributed by atoms with E-state index < -0.39 is 0 Å². The molecule has 0 aliphatic heterocycles. The van der Waals surface area contributed by atoms with Crippen molar-refractivity contribution < 1.29 is 13.9 Å². The number of hydrogen-bond donors (Lipinski definition) is 0. The summed E-state index contributed by atoms with van der Waals surface area (Å²) in [7, 11) is 3.78. The zero-order valence-electron chi connectivity index (χ0n) is 17.2. The molecule has 148 valence electrons. The van der Waals surface area contributed by atoms with E-state index in [9.17, 15) is 0 Å². The molecule has 1 atom stereocenters. The zero-order valence-corrected chi connectivity index (χ0v) is 17.2. The van der Waals surface area contributed by atoms with Gasteiger partial charge < -0.3 is 13.9 Å². The van der Waals surface area contributed by atoms with Gasteiger partial charge in [0.15, 0.2) is 0 Å². The summed E-state index contributed by atoms with van der Waals surface area (Å²) in [6.07, 6.45) is 0. The van der Waals surface area contributed by atoms with Crippen molar-refractivity contribution >= 4 is 0 Å². The van der Waals surface area contributed by atoms with Crippen molar-refractivity contribution in [2.45, 2.75) is 33.4 Å². The SMILES string of the molecule is CCOc1ccc(-c2nc(CN(C)[C@@H](C)c3cccc(OC)c3)c(C)o2)cc1. The molecule has 0 bridgehead atoms. The van der Waals surface area contributed by atoms with Gasteiger partial charge in [-0.1, -0.05) is 12.1 Å². The molecular weight excluding hydrogens is 352 g/mol. The first-order chi connectivity index (χ1) is 13.5. The summed E-state index contributed by atoms with van der Waals surface area (Å²) in [5.41, 5.74) is 3.09. The van der Waals surface area contributed by atoms with Crippen molar-refractivity contribution in [3.8, 4) is 23.0 Å². The Morgan fingerprint density at radius 1 is 1.11 bits per heavy atom. The molecule has 0 radical (unpaired) electrons. The van der Waals surface area contributed by atoms with E-state index >= 15 is 0 Å². The number of methoxy groups -OCH3 is 1. The number of nitrogens with zero attached hydrogens (tertiary/aromatic N) is 2. The summed E-state index contributed by atoms with van der Waals surface area (Å²) in [6, 6.07) is 16.2. The minimum Gasteiger partial charge on any atom is -0.497 e. The molecule has 2 aromatic carbocycles. The third-order valence-electron chi connectivity index (χ3n) is 4.94. The van der Waals surface area contributed by atoms with Gasteiger partial charge in [-0.05, 0) is 69.8 Å². The van der Waals surface area contributed by atoms with Crippen molar-refractivity contribution in [2.24, 2.45) is 0 Å². The highest BCUT2D eigenvalue weighted by molar-refractivity contribution is 5.55. The highest BCUT2D eigenvalue weighted by atomic mass is 16.5. The first kappa shape index (κ1) is 20.0. The van der Waals surface area contributed by atoms with Crippen LogP contribution in [-0.4, -0.2) is 30.6 Å². The van der Waals surface area contributed by atoms with Gasteiger partial charge in [-0.3, -0.25) is 4.90 Å². The third kappa shape index (κ3) is 4.54. The van der Waals surface area contributed by atoms with Crippen LogP contribution in [0.1, 0.15) is 36.9 Å². The van der Waals surface area contributed by atoms with Gasteiger partial charge in [0.2, 0.25) is 5.89 Å². The van der Waals surface area contributed by atoms with Crippen molar-refractivity contribution in [3.63, 3.8) is 0 Å². The summed E-state index contributed by atoms with van der Waals surface area (Å²) in [4.78, 5) is 6.98. The normalized spacial score (nSPS) is 12.2. The maximum Gasteiger partial charge on any atom is 0.226 e. The van der Waals surface area contributed by atoms with E-state index in [0.29, 0.717) is 19.0 Å². The molecule has 0 N–H and O–H groups in total. The van der Waals surface area contributed by atoms with Crippen molar-refractivity contribution in [2.75, 3.05) is 20.8 Å². The van der Waals surface area contributed by atoms with Crippen molar-refractivity contribution in [1.82, 2.24) is 9.88 Å². The Labute approximate surface area is 166 Å². The number of ether oxygens (including phenoxy) is 2. The summed E-state index contributed by atoms with van der Waals surface area (Å²) < 4.78 is 16.8. The van der Waals surface area contributed by atoms with E-state index in [0.717, 1.165) is 28.5 Å². The second-order valence-corrected chi connectivity index (χ2v) is 6.85. The number of rotatable bonds is 8. The fraction of sp³-hybridized carbons (Fsp3) is 0.348. The fourth-order valence-corrected chi connectivity index (χ4v) is 3.09. The number of aryl methyl sites for hydroxylation is 1. The number of hydrogen-bond acceptors (Lipinski definition) is 5. The summed E-state index contributed by atoms with van der Waals surface area (Å²) in [5.74, 6) is 3.20. The molecule has 0 aliphatic rings. The minimum absolute atomic E-state index is 0.222. The Morgan fingerprint density at radius 3 is 2.54 bits per heavy atom. The van der Waals surface area contributed by atoms with E-state index in [-0.39, 0.29) is 6.04 Å². The lowest BCUT2D eigenvalue weighted by Gasteiger charge is -2.24. The van der Waals surface area contributed by atoms with Gasteiger partial charge in [-0.2, -0.15) is 0 Å². The number of benzene rings is 2. The van der Waals surface area contributed by atoms with E-state index in [1.54, 1.807) is 7.11 Å². The molecule has 28 heavy (non-hydrogen) atoms. The van der Waals surface area contributed by atoms with E-state index in [1.165, 1.54) is 5.56 Å². The van der Waals surface area contributed by atoms with E-state index in [1.807, 2.05) is 50.2 Å². The molecule has 3 aromatic rings. The predicted molar refractivity (Wildman–Crippen MR) is 111 cm³/mol. The first-order valence-electron chi connectivity index (χ1n) is 9.55. The van der Waals surface area contributed by atoms with Crippen LogP contribution in [0.4, 0.5) is 0 Å². The van der Waals surface area contributed by atoms with Gasteiger partial charge in [0.1, 0.15) is 17.3 Å². The molecule has 5 heteroatoms. The van der Waals surface area contributed by atoms with E-state index in [2.05, 4.69) is 31.0 Å². The summed E-state index contributed by atoms with van der Waals surface area (Å²) >= 11 is 0. The number of oxazole rings is 1. The second-order valence-electron chi connectivity index (χ2n) is 6.85. The Kier molecular flexibility index (Phi) is 6.37. The lowest BCUT2D eigenvalue weighted by atomic mass is 10.1. The van der Waals surface area contributed by atoms with Gasteiger partial charge in [0.25, 0.3) is 0 Å². The molecule has 0 saturated carbocycles. The molecule has 0 unspecified atom stereocenters. The average Bonchev–Trinajstić information content (AvgIpc) is 3.08. The van der Waals surface area contributed by atoms with Gasteiger partial charge in [0, 0.05) is 18.2 Å². The maximum absolute atomic E-state index is 5.92. The highest BCUT2D eigenvalue weighted by Gasteiger charge is 2.18. The van der Waals surface area contributed by atoms with Crippen LogP contribution < -0.4 is 9.47 Å². The van der Waals surface area contributed by atoms with Crippen LogP contribution in [0.2, 0.25) is 0 Å². The maximum atomic E-state index is 5.92. The van der Waals surface area contributed by atoms with Crippen LogP contribution in [0.3, 0.4) is 0 Å². The summed E-state index contributed by atoms with van der Waals surface area (Å²) in [6.45, 7) is 7.47. The molecule has 0 amide bonds. The van der Waals surface area contributed by atoms with Gasteiger partial charge in [-0.25, -0.2) is 4.98 Å². The Bertz CT molecular complexity index is 902. The van der Waals surface area contributed by atoms with Crippen LogP contribution in [0.25, 0.3) is 11.5 Å².